The van der Waals surface area contributed by atoms with E-state index in [-0.39, 0.29) is 5.75 Å². The summed E-state index contributed by atoms with van der Waals surface area (Å²) < 4.78 is 20.7. The molecule has 1 heterocycles. The lowest BCUT2D eigenvalue weighted by Crippen LogP contribution is -1.93. The maximum Gasteiger partial charge on any atom is 0.167 e. The van der Waals surface area contributed by atoms with Gasteiger partial charge in [-0.3, -0.25) is 4.98 Å². The first-order valence-corrected chi connectivity index (χ1v) is 7.40. The van der Waals surface area contributed by atoms with E-state index >= 15 is 0 Å². The summed E-state index contributed by atoms with van der Waals surface area (Å²) in [6.45, 7) is 2.02. The van der Waals surface area contributed by atoms with Crippen LogP contribution < -0.4 is 10.5 Å². The van der Waals surface area contributed by atoms with Crippen LogP contribution in [0.3, 0.4) is 0 Å². The first kappa shape index (κ1) is 14.1. The maximum atomic E-state index is 13.9. The molecule has 0 fully saturated rings. The Labute approximate surface area is 135 Å². The number of rotatable bonds is 2. The van der Waals surface area contributed by atoms with E-state index in [0.717, 1.165) is 20.0 Å². The number of nitrogen functional groups attached to an aromatic ring is 1. The number of anilines is 1. The van der Waals surface area contributed by atoms with Crippen LogP contribution in [0.1, 0.15) is 5.56 Å². The molecule has 0 unspecified atom stereocenters. The van der Waals surface area contributed by atoms with Crippen LogP contribution >= 0.6 is 22.6 Å². The molecular formula is C16H12FIN2O. The van der Waals surface area contributed by atoms with Crippen molar-refractivity contribution >= 4 is 39.2 Å². The normalized spacial score (nSPS) is 10.8. The highest BCUT2D eigenvalue weighted by molar-refractivity contribution is 14.1. The predicted molar refractivity (Wildman–Crippen MR) is 90.1 cm³/mol. The molecule has 5 heteroatoms. The topological polar surface area (TPSA) is 48.1 Å². The molecule has 0 saturated carbocycles. The third-order valence-corrected chi connectivity index (χ3v) is 4.32. The molecule has 0 bridgehead atoms. The van der Waals surface area contributed by atoms with Crippen molar-refractivity contribution in [3.05, 3.63) is 57.5 Å². The van der Waals surface area contributed by atoms with Crippen molar-refractivity contribution in [3.63, 3.8) is 0 Å². The zero-order chi connectivity index (χ0) is 15.0. The smallest absolute Gasteiger partial charge is 0.167 e. The molecule has 0 aliphatic carbocycles. The van der Waals surface area contributed by atoms with Crippen LogP contribution in [-0.4, -0.2) is 4.98 Å². The monoisotopic (exact) mass is 394 g/mol. The van der Waals surface area contributed by atoms with Crippen LogP contribution in [-0.2, 0) is 0 Å². The van der Waals surface area contributed by atoms with Crippen LogP contribution in [0.4, 0.5) is 10.1 Å². The summed E-state index contributed by atoms with van der Waals surface area (Å²) in [6.07, 6.45) is 1.65. The molecule has 0 aliphatic rings. The summed E-state index contributed by atoms with van der Waals surface area (Å²) in [5.74, 6) is 0.235. The number of ether oxygens (including phenoxy) is 1. The molecule has 0 spiro atoms. The van der Waals surface area contributed by atoms with Gasteiger partial charge in [0.15, 0.2) is 11.6 Å². The second-order valence-corrected chi connectivity index (χ2v) is 5.88. The van der Waals surface area contributed by atoms with Gasteiger partial charge in [0.2, 0.25) is 0 Å². The maximum absolute atomic E-state index is 13.9. The van der Waals surface area contributed by atoms with Gasteiger partial charge in [0, 0.05) is 26.9 Å². The van der Waals surface area contributed by atoms with E-state index in [0.29, 0.717) is 11.4 Å². The molecule has 0 aliphatic heterocycles. The van der Waals surface area contributed by atoms with Crippen molar-refractivity contribution in [1.29, 1.82) is 0 Å². The minimum Gasteiger partial charge on any atom is -0.454 e. The van der Waals surface area contributed by atoms with Gasteiger partial charge < -0.3 is 10.5 Å². The molecule has 0 atom stereocenters. The number of aryl methyl sites for hydroxylation is 1. The van der Waals surface area contributed by atoms with Gasteiger partial charge in [-0.1, -0.05) is 0 Å². The summed E-state index contributed by atoms with van der Waals surface area (Å²) in [7, 11) is 0. The summed E-state index contributed by atoms with van der Waals surface area (Å²) in [5.41, 5.74) is 7.85. The largest absolute Gasteiger partial charge is 0.454 e. The number of aromatic nitrogens is 1. The van der Waals surface area contributed by atoms with Crippen LogP contribution in [0.25, 0.3) is 10.9 Å². The molecule has 2 aromatic carbocycles. The van der Waals surface area contributed by atoms with E-state index in [4.69, 9.17) is 10.5 Å². The first-order chi connectivity index (χ1) is 10.0. The van der Waals surface area contributed by atoms with Gasteiger partial charge in [-0.05, 0) is 65.4 Å². The molecule has 0 saturated heterocycles. The van der Waals surface area contributed by atoms with Crippen molar-refractivity contribution < 1.29 is 9.13 Å². The van der Waals surface area contributed by atoms with Gasteiger partial charge in [-0.15, -0.1) is 0 Å². The van der Waals surface area contributed by atoms with E-state index in [1.54, 1.807) is 18.3 Å². The van der Waals surface area contributed by atoms with E-state index in [2.05, 4.69) is 27.6 Å². The van der Waals surface area contributed by atoms with Gasteiger partial charge in [0.1, 0.15) is 5.75 Å². The van der Waals surface area contributed by atoms with E-state index in [1.165, 1.54) is 12.1 Å². The highest BCUT2D eigenvalue weighted by Crippen LogP contribution is 2.32. The molecule has 3 aromatic rings. The lowest BCUT2D eigenvalue weighted by molar-refractivity contribution is 0.446. The number of pyridine rings is 1. The number of hydrogen-bond acceptors (Lipinski definition) is 3. The summed E-state index contributed by atoms with van der Waals surface area (Å²) in [4.78, 5) is 4.32. The van der Waals surface area contributed by atoms with Gasteiger partial charge in [-0.25, -0.2) is 4.39 Å². The number of nitrogens with two attached hydrogens (primary N) is 1. The molecule has 0 radical (unpaired) electrons. The lowest BCUT2D eigenvalue weighted by Gasteiger charge is -2.11. The minimum absolute atomic E-state index is 0.146. The van der Waals surface area contributed by atoms with Gasteiger partial charge in [-0.2, -0.15) is 0 Å². The van der Waals surface area contributed by atoms with Crippen LogP contribution in [0, 0.1) is 16.3 Å². The average Bonchev–Trinajstić information content (AvgIpc) is 2.44. The Hall–Kier alpha value is -1.89. The highest BCUT2D eigenvalue weighted by Gasteiger charge is 2.10. The Bertz CT molecular complexity index is 836. The third kappa shape index (κ3) is 2.78. The van der Waals surface area contributed by atoms with Gasteiger partial charge in [0.05, 0.1) is 5.52 Å². The van der Waals surface area contributed by atoms with Crippen LogP contribution in [0.15, 0.2) is 42.6 Å². The van der Waals surface area contributed by atoms with E-state index in [9.17, 15) is 4.39 Å². The quantitative estimate of drug-likeness (QED) is 0.508. The number of hydrogen-bond donors (Lipinski definition) is 1. The van der Waals surface area contributed by atoms with Gasteiger partial charge in [0.25, 0.3) is 0 Å². The van der Waals surface area contributed by atoms with Crippen molar-refractivity contribution in [1.82, 2.24) is 4.98 Å². The molecular weight excluding hydrogens is 382 g/mol. The molecule has 21 heavy (non-hydrogen) atoms. The third-order valence-electron chi connectivity index (χ3n) is 3.16. The number of halogens is 2. The zero-order valence-corrected chi connectivity index (χ0v) is 13.4. The van der Waals surface area contributed by atoms with Gasteiger partial charge >= 0.3 is 0 Å². The molecule has 3 rings (SSSR count). The molecule has 106 valence electrons. The Balaban J connectivity index is 2.10. The SMILES string of the molecule is Cc1cc2c(Oc3ccc(N)cc3F)ccnc2cc1I. The van der Waals surface area contributed by atoms with E-state index < -0.39 is 5.82 Å². The fourth-order valence-electron chi connectivity index (χ4n) is 2.06. The Morgan fingerprint density at radius 2 is 1.95 bits per heavy atom. The number of benzene rings is 2. The van der Waals surface area contributed by atoms with Crippen LogP contribution in [0.5, 0.6) is 11.5 Å². The number of fused-ring (bicyclic) bond motifs is 1. The molecule has 0 amide bonds. The Kier molecular flexibility index (Phi) is 3.67. The van der Waals surface area contributed by atoms with Crippen molar-refractivity contribution in [2.24, 2.45) is 0 Å². The highest BCUT2D eigenvalue weighted by atomic mass is 127. The molecule has 2 N–H and O–H groups in total. The summed E-state index contributed by atoms with van der Waals surface area (Å²) in [5, 5.41) is 0.853. The van der Waals surface area contributed by atoms with Crippen molar-refractivity contribution in [2.45, 2.75) is 6.92 Å². The summed E-state index contributed by atoms with van der Waals surface area (Å²) in [6, 6.07) is 10.1. The number of nitrogens with zero attached hydrogens (tertiary/aromatic N) is 1. The second kappa shape index (κ2) is 5.48. The second-order valence-electron chi connectivity index (χ2n) is 4.72. The minimum atomic E-state index is -0.484. The lowest BCUT2D eigenvalue weighted by atomic mass is 10.1. The predicted octanol–water partition coefficient (Wildman–Crippen LogP) is 4.66. The van der Waals surface area contributed by atoms with Crippen molar-refractivity contribution in [3.8, 4) is 11.5 Å². The molecule has 3 nitrogen and oxygen atoms in total. The van der Waals surface area contributed by atoms with Crippen molar-refractivity contribution in [2.75, 3.05) is 5.73 Å². The fraction of sp³-hybridized carbons (Fsp3) is 0.0625. The Morgan fingerprint density at radius 3 is 2.71 bits per heavy atom. The zero-order valence-electron chi connectivity index (χ0n) is 11.2. The average molecular weight is 394 g/mol. The first-order valence-electron chi connectivity index (χ1n) is 6.32. The molecule has 1 aromatic heterocycles. The van der Waals surface area contributed by atoms with Crippen LogP contribution in [0.2, 0.25) is 0 Å². The Morgan fingerprint density at radius 1 is 1.14 bits per heavy atom. The fourth-order valence-corrected chi connectivity index (χ4v) is 2.51. The van der Waals surface area contributed by atoms with E-state index in [1.807, 2.05) is 19.1 Å². The standard InChI is InChI=1S/C16H12FIN2O/c1-9-6-11-14(8-13(9)18)20-5-4-15(11)21-16-3-2-10(19)7-12(16)17/h2-8H,19H2,1H3. The summed E-state index contributed by atoms with van der Waals surface area (Å²) >= 11 is 2.26.